The largest absolute Gasteiger partial charge is 0.344 e. The van der Waals surface area contributed by atoms with Crippen molar-refractivity contribution in [3.63, 3.8) is 0 Å². The molecule has 1 N–H and O–H groups in total. The van der Waals surface area contributed by atoms with E-state index in [0.717, 1.165) is 11.5 Å². The Balaban J connectivity index is 0.000000750. The van der Waals surface area contributed by atoms with Gasteiger partial charge in [-0.1, -0.05) is 7.43 Å². The van der Waals surface area contributed by atoms with Gasteiger partial charge in [-0.2, -0.15) is 5.10 Å². The fourth-order valence-electron chi connectivity index (χ4n) is 1.51. The van der Waals surface area contributed by atoms with Gasteiger partial charge in [0.1, 0.15) is 5.82 Å². The molecule has 0 aliphatic carbocycles. The summed E-state index contributed by atoms with van der Waals surface area (Å²) >= 11 is 1.65. The van der Waals surface area contributed by atoms with Crippen molar-refractivity contribution in [1.29, 1.82) is 0 Å². The molecule has 2 aromatic heterocycles. The van der Waals surface area contributed by atoms with Crippen LogP contribution in [0.25, 0.3) is 0 Å². The van der Waals surface area contributed by atoms with E-state index in [0.29, 0.717) is 0 Å². The number of nitrogens with one attached hydrogen (secondary N) is 1. The third kappa shape index (κ3) is 1.13. The Bertz CT molecular complexity index is 432. The Kier molecular flexibility index (Phi) is 2.03. The van der Waals surface area contributed by atoms with Crippen LogP contribution in [-0.2, 0) is 0 Å². The number of anilines is 1. The SMILES string of the molecule is C.Cc1cc2n(n1)C(c1cncs1)N2. The third-order valence-corrected chi connectivity index (χ3v) is 2.94. The van der Waals surface area contributed by atoms with Crippen LogP contribution < -0.4 is 5.32 Å². The molecule has 0 amide bonds. The lowest BCUT2D eigenvalue weighted by molar-refractivity contribution is 0.518. The molecule has 0 fully saturated rings. The van der Waals surface area contributed by atoms with Crippen molar-refractivity contribution in [2.24, 2.45) is 0 Å². The molecule has 1 atom stereocenters. The van der Waals surface area contributed by atoms with Gasteiger partial charge >= 0.3 is 0 Å². The van der Waals surface area contributed by atoms with Crippen LogP contribution in [0.5, 0.6) is 0 Å². The molecule has 0 bridgehead atoms. The normalized spacial score (nSPS) is 17.6. The summed E-state index contributed by atoms with van der Waals surface area (Å²) in [6.45, 7) is 2.00. The van der Waals surface area contributed by atoms with Crippen LogP contribution in [0.3, 0.4) is 0 Å². The molecular weight excluding hydrogens is 196 g/mol. The molecule has 1 aliphatic heterocycles. The van der Waals surface area contributed by atoms with Crippen LogP contribution >= 0.6 is 11.3 Å². The maximum Gasteiger partial charge on any atom is 0.160 e. The van der Waals surface area contributed by atoms with E-state index < -0.39 is 0 Å². The monoisotopic (exact) mass is 208 g/mol. The maximum absolute atomic E-state index is 4.37. The fraction of sp³-hybridized carbons (Fsp3) is 0.333. The molecule has 0 saturated heterocycles. The van der Waals surface area contributed by atoms with Gasteiger partial charge in [0, 0.05) is 12.3 Å². The van der Waals surface area contributed by atoms with Crippen molar-refractivity contribution < 1.29 is 0 Å². The maximum atomic E-state index is 4.37. The molecule has 1 aliphatic rings. The number of aryl methyl sites for hydroxylation is 1. The minimum atomic E-state index is 0. The van der Waals surface area contributed by atoms with Gasteiger partial charge in [-0.15, -0.1) is 11.3 Å². The Labute approximate surface area is 86.6 Å². The predicted molar refractivity (Wildman–Crippen MR) is 57.6 cm³/mol. The molecule has 5 heteroatoms. The van der Waals surface area contributed by atoms with Crippen molar-refractivity contribution in [3.05, 3.63) is 28.3 Å². The van der Waals surface area contributed by atoms with Crippen molar-refractivity contribution in [2.75, 3.05) is 5.32 Å². The highest BCUT2D eigenvalue weighted by atomic mass is 32.1. The topological polar surface area (TPSA) is 42.7 Å². The van der Waals surface area contributed by atoms with E-state index in [1.54, 1.807) is 11.3 Å². The first-order valence-corrected chi connectivity index (χ1v) is 4.93. The first-order chi connectivity index (χ1) is 6.34. The highest BCUT2D eigenvalue weighted by Crippen LogP contribution is 2.34. The molecule has 0 aromatic carbocycles. The van der Waals surface area contributed by atoms with E-state index in [1.807, 2.05) is 29.4 Å². The van der Waals surface area contributed by atoms with E-state index in [2.05, 4.69) is 15.4 Å². The number of hydrogen-bond acceptors (Lipinski definition) is 4. The Morgan fingerprint density at radius 2 is 2.43 bits per heavy atom. The minimum absolute atomic E-state index is 0. The van der Waals surface area contributed by atoms with Gasteiger partial charge < -0.3 is 5.32 Å². The lowest BCUT2D eigenvalue weighted by Gasteiger charge is -2.29. The number of nitrogens with zero attached hydrogens (tertiary/aromatic N) is 3. The standard InChI is InChI=1S/C8H8N4S.CH4/c1-5-2-7-10-8(12(7)11-5)6-3-9-4-13-6;/h2-4,8,10H,1H3;1H4. The summed E-state index contributed by atoms with van der Waals surface area (Å²) in [7, 11) is 0. The van der Waals surface area contributed by atoms with E-state index in [4.69, 9.17) is 0 Å². The quantitative estimate of drug-likeness (QED) is 0.781. The first kappa shape index (κ1) is 9.21. The summed E-state index contributed by atoms with van der Waals surface area (Å²) in [6, 6.07) is 2.04. The second-order valence-electron chi connectivity index (χ2n) is 3.07. The van der Waals surface area contributed by atoms with Gasteiger partial charge in [0.15, 0.2) is 6.17 Å². The zero-order chi connectivity index (χ0) is 8.84. The van der Waals surface area contributed by atoms with Crippen molar-refractivity contribution in [3.8, 4) is 0 Å². The summed E-state index contributed by atoms with van der Waals surface area (Å²) in [4.78, 5) is 5.25. The molecule has 1 unspecified atom stereocenters. The smallest absolute Gasteiger partial charge is 0.160 e. The van der Waals surface area contributed by atoms with Crippen LogP contribution in [0, 0.1) is 6.92 Å². The van der Waals surface area contributed by atoms with Crippen molar-refractivity contribution in [1.82, 2.24) is 14.8 Å². The van der Waals surface area contributed by atoms with E-state index >= 15 is 0 Å². The fourth-order valence-corrected chi connectivity index (χ4v) is 2.16. The number of aromatic nitrogens is 3. The summed E-state index contributed by atoms with van der Waals surface area (Å²) in [5.74, 6) is 1.09. The average Bonchev–Trinajstić information content (AvgIpc) is 2.67. The van der Waals surface area contributed by atoms with E-state index in [1.165, 1.54) is 4.88 Å². The van der Waals surface area contributed by atoms with Crippen molar-refractivity contribution >= 4 is 17.2 Å². The van der Waals surface area contributed by atoms with Gasteiger partial charge in [-0.25, -0.2) is 4.68 Å². The summed E-state index contributed by atoms with van der Waals surface area (Å²) in [6.07, 6.45) is 2.08. The molecule has 2 aromatic rings. The zero-order valence-corrected chi connectivity index (χ0v) is 7.88. The van der Waals surface area contributed by atoms with Crippen LogP contribution in [0.4, 0.5) is 5.82 Å². The molecule has 74 valence electrons. The van der Waals surface area contributed by atoms with Gasteiger partial charge in [0.2, 0.25) is 0 Å². The molecule has 0 spiro atoms. The molecule has 3 heterocycles. The zero-order valence-electron chi connectivity index (χ0n) is 7.06. The van der Waals surface area contributed by atoms with Gasteiger partial charge in [-0.3, -0.25) is 4.98 Å². The van der Waals surface area contributed by atoms with Crippen LogP contribution in [0.1, 0.15) is 24.2 Å². The van der Waals surface area contributed by atoms with Crippen molar-refractivity contribution in [2.45, 2.75) is 20.5 Å². The number of rotatable bonds is 1. The lowest BCUT2D eigenvalue weighted by atomic mass is 10.3. The number of fused-ring (bicyclic) bond motifs is 1. The number of hydrogen-bond donors (Lipinski definition) is 1. The van der Waals surface area contributed by atoms with E-state index in [-0.39, 0.29) is 13.6 Å². The Morgan fingerprint density at radius 1 is 1.57 bits per heavy atom. The average molecular weight is 208 g/mol. The van der Waals surface area contributed by atoms with Gasteiger partial charge in [0.25, 0.3) is 0 Å². The van der Waals surface area contributed by atoms with Crippen LogP contribution in [-0.4, -0.2) is 14.8 Å². The van der Waals surface area contributed by atoms with E-state index in [9.17, 15) is 0 Å². The van der Waals surface area contributed by atoms with Crippen LogP contribution in [0.15, 0.2) is 17.8 Å². The Hall–Kier alpha value is -1.36. The van der Waals surface area contributed by atoms with Crippen LogP contribution in [0.2, 0.25) is 0 Å². The summed E-state index contributed by atoms with van der Waals surface area (Å²) in [5, 5.41) is 7.69. The van der Waals surface area contributed by atoms with Gasteiger partial charge in [0.05, 0.1) is 16.1 Å². The minimum Gasteiger partial charge on any atom is -0.344 e. The highest BCUT2D eigenvalue weighted by Gasteiger charge is 2.28. The third-order valence-electron chi connectivity index (χ3n) is 2.11. The second-order valence-corrected chi connectivity index (χ2v) is 3.98. The molecule has 4 nitrogen and oxygen atoms in total. The van der Waals surface area contributed by atoms with Gasteiger partial charge in [-0.05, 0) is 6.92 Å². The summed E-state index contributed by atoms with van der Waals surface area (Å²) < 4.78 is 1.99. The first-order valence-electron chi connectivity index (χ1n) is 4.06. The molecule has 0 radical (unpaired) electrons. The molecule has 14 heavy (non-hydrogen) atoms. The molecule has 3 rings (SSSR count). The number of thiazole rings is 1. The second kappa shape index (κ2) is 3.09. The lowest BCUT2D eigenvalue weighted by Crippen LogP contribution is -2.31. The molecular formula is C9H12N4S. The molecule has 0 saturated carbocycles. The Morgan fingerprint density at radius 3 is 3.07 bits per heavy atom. The predicted octanol–water partition coefficient (Wildman–Crippen LogP) is 2.26. The summed E-state index contributed by atoms with van der Waals surface area (Å²) in [5.41, 5.74) is 2.89. The highest BCUT2D eigenvalue weighted by molar-refractivity contribution is 7.09.